The maximum Gasteiger partial charge on any atom is 0.320 e. The molecule has 2 aromatic rings. The summed E-state index contributed by atoms with van der Waals surface area (Å²) in [6, 6.07) is 3.41. The van der Waals surface area contributed by atoms with Crippen LogP contribution in [-0.4, -0.2) is 22.5 Å². The highest BCUT2D eigenvalue weighted by molar-refractivity contribution is 5.92. The number of nitrogens with one attached hydrogen (secondary N) is 3. The van der Waals surface area contributed by atoms with E-state index < -0.39 is 0 Å². The molecule has 6 nitrogen and oxygen atoms in total. The van der Waals surface area contributed by atoms with Gasteiger partial charge in [0.1, 0.15) is 11.6 Å². The van der Waals surface area contributed by atoms with Gasteiger partial charge in [-0.1, -0.05) is 0 Å². The van der Waals surface area contributed by atoms with E-state index >= 15 is 0 Å². The summed E-state index contributed by atoms with van der Waals surface area (Å²) >= 11 is 0. The van der Waals surface area contributed by atoms with Crippen LogP contribution >= 0.6 is 0 Å². The molecular formula is C11H15N5O. The summed E-state index contributed by atoms with van der Waals surface area (Å²) in [5.41, 5.74) is 8.21. The highest BCUT2D eigenvalue weighted by Gasteiger charge is 2.06. The normalized spacial score (nSPS) is 10.5. The Morgan fingerprint density at radius 3 is 3.00 bits per heavy atom. The first-order chi connectivity index (χ1) is 8.10. The number of hydrogen-bond donors (Lipinski definition) is 4. The molecule has 0 radical (unpaired) electrons. The zero-order valence-corrected chi connectivity index (χ0v) is 9.79. The fourth-order valence-electron chi connectivity index (χ4n) is 1.56. The van der Waals surface area contributed by atoms with Crippen LogP contribution < -0.4 is 16.4 Å². The monoisotopic (exact) mass is 233 g/mol. The molecule has 0 bridgehead atoms. The molecule has 6 heteroatoms. The minimum absolute atomic E-state index is 0.247. The van der Waals surface area contributed by atoms with Crippen LogP contribution in [0.2, 0.25) is 0 Å². The average Bonchev–Trinajstić information content (AvgIpc) is 2.60. The van der Waals surface area contributed by atoms with Gasteiger partial charge >= 0.3 is 6.03 Å². The van der Waals surface area contributed by atoms with Crippen LogP contribution in [0, 0.1) is 6.92 Å². The number of carbonyl (C=O) groups is 1. The second kappa shape index (κ2) is 4.32. The first-order valence-corrected chi connectivity index (χ1v) is 5.41. The number of nitrogens with two attached hydrogens (primary N) is 1. The van der Waals surface area contributed by atoms with Crippen LogP contribution in [-0.2, 0) is 0 Å². The van der Waals surface area contributed by atoms with Crippen molar-refractivity contribution in [1.82, 2.24) is 15.3 Å². The summed E-state index contributed by atoms with van der Waals surface area (Å²) in [4.78, 5) is 18.6. The van der Waals surface area contributed by atoms with E-state index in [9.17, 15) is 4.79 Å². The summed E-state index contributed by atoms with van der Waals surface area (Å²) in [7, 11) is 0. The number of aryl methyl sites for hydroxylation is 1. The number of anilines is 2. The van der Waals surface area contributed by atoms with Crippen LogP contribution in [0.4, 0.5) is 16.4 Å². The maximum absolute atomic E-state index is 11.3. The summed E-state index contributed by atoms with van der Waals surface area (Å²) in [6.07, 6.45) is 0. The number of pyridine rings is 1. The average molecular weight is 233 g/mol. The molecule has 0 atom stereocenters. The number of urea groups is 1. The number of aromatic amines is 1. The molecule has 2 amide bonds. The summed E-state index contributed by atoms with van der Waals surface area (Å²) in [5.74, 6) is 1.10. The second-order valence-corrected chi connectivity index (χ2v) is 3.79. The number of nitrogens with zero attached hydrogens (tertiary/aromatic N) is 1. The van der Waals surface area contributed by atoms with E-state index in [4.69, 9.17) is 5.73 Å². The molecule has 90 valence electrons. The van der Waals surface area contributed by atoms with E-state index in [0.717, 1.165) is 16.6 Å². The Morgan fingerprint density at radius 2 is 2.29 bits per heavy atom. The van der Waals surface area contributed by atoms with Crippen LogP contribution in [0.5, 0.6) is 0 Å². The molecule has 2 heterocycles. The van der Waals surface area contributed by atoms with Crippen LogP contribution in [0.15, 0.2) is 12.1 Å². The number of fused-ring (bicyclic) bond motifs is 1. The molecule has 2 rings (SSSR count). The SMILES string of the molecule is CCNC(=O)Nc1cc2nc(N)c(C)cc2[nH]1. The smallest absolute Gasteiger partial charge is 0.320 e. The van der Waals surface area contributed by atoms with Gasteiger partial charge in [0.05, 0.1) is 11.0 Å². The number of carbonyl (C=O) groups excluding carboxylic acids is 1. The molecule has 0 fully saturated rings. The van der Waals surface area contributed by atoms with Crippen molar-refractivity contribution in [3.63, 3.8) is 0 Å². The molecule has 0 saturated carbocycles. The van der Waals surface area contributed by atoms with Crippen molar-refractivity contribution >= 4 is 28.7 Å². The number of hydrogen-bond acceptors (Lipinski definition) is 3. The molecular weight excluding hydrogens is 218 g/mol. The topological polar surface area (TPSA) is 95.8 Å². The van der Waals surface area contributed by atoms with Gasteiger partial charge in [0.25, 0.3) is 0 Å². The second-order valence-electron chi connectivity index (χ2n) is 3.79. The Labute approximate surface area is 98.6 Å². The fourth-order valence-corrected chi connectivity index (χ4v) is 1.56. The van der Waals surface area contributed by atoms with Crippen molar-refractivity contribution in [3.8, 4) is 0 Å². The van der Waals surface area contributed by atoms with Gasteiger partial charge in [0.15, 0.2) is 0 Å². The van der Waals surface area contributed by atoms with Gasteiger partial charge in [0, 0.05) is 12.6 Å². The molecule has 2 aromatic heterocycles. The van der Waals surface area contributed by atoms with Gasteiger partial charge in [-0.15, -0.1) is 0 Å². The molecule has 0 spiro atoms. The molecule has 0 unspecified atom stereocenters. The van der Waals surface area contributed by atoms with Gasteiger partial charge in [-0.2, -0.15) is 0 Å². The van der Waals surface area contributed by atoms with E-state index in [2.05, 4.69) is 20.6 Å². The lowest BCUT2D eigenvalue weighted by Gasteiger charge is -2.01. The molecule has 0 aliphatic carbocycles. The van der Waals surface area contributed by atoms with E-state index in [1.165, 1.54) is 0 Å². The van der Waals surface area contributed by atoms with Crippen molar-refractivity contribution < 1.29 is 4.79 Å². The summed E-state index contributed by atoms with van der Waals surface area (Å²) in [5, 5.41) is 5.33. The van der Waals surface area contributed by atoms with Crippen LogP contribution in [0.25, 0.3) is 11.0 Å². The zero-order chi connectivity index (χ0) is 12.4. The van der Waals surface area contributed by atoms with E-state index in [0.29, 0.717) is 18.2 Å². The lowest BCUT2D eigenvalue weighted by Crippen LogP contribution is -2.28. The number of aromatic nitrogens is 2. The Bertz CT molecular complexity index is 521. The standard InChI is InChI=1S/C11H15N5O/c1-3-13-11(17)16-9-5-8-7(14-9)4-6(2)10(12)15-8/h4-5,14H,3H2,1-2H3,(H2,12,15)(H2,13,16,17). The molecule has 0 saturated heterocycles. The number of rotatable bonds is 2. The van der Waals surface area contributed by atoms with Gasteiger partial charge in [-0.25, -0.2) is 9.78 Å². The first kappa shape index (κ1) is 11.3. The van der Waals surface area contributed by atoms with E-state index in [-0.39, 0.29) is 6.03 Å². The van der Waals surface area contributed by atoms with Crippen molar-refractivity contribution in [1.29, 1.82) is 0 Å². The van der Waals surface area contributed by atoms with Gasteiger partial charge < -0.3 is 16.0 Å². The van der Waals surface area contributed by atoms with Crippen molar-refractivity contribution in [2.24, 2.45) is 0 Å². The Balaban J connectivity index is 2.29. The van der Waals surface area contributed by atoms with Gasteiger partial charge in [-0.05, 0) is 25.5 Å². The van der Waals surface area contributed by atoms with E-state index in [1.807, 2.05) is 19.9 Å². The lowest BCUT2D eigenvalue weighted by atomic mass is 10.2. The fraction of sp³-hybridized carbons (Fsp3) is 0.273. The van der Waals surface area contributed by atoms with Crippen LogP contribution in [0.3, 0.4) is 0 Å². The van der Waals surface area contributed by atoms with Crippen molar-refractivity contribution in [2.75, 3.05) is 17.6 Å². The maximum atomic E-state index is 11.3. The van der Waals surface area contributed by atoms with Crippen LogP contribution in [0.1, 0.15) is 12.5 Å². The number of nitrogen functional groups attached to an aromatic ring is 1. The third-order valence-corrected chi connectivity index (χ3v) is 2.42. The largest absolute Gasteiger partial charge is 0.383 e. The summed E-state index contributed by atoms with van der Waals surface area (Å²) < 4.78 is 0. The van der Waals surface area contributed by atoms with Gasteiger partial charge in [0.2, 0.25) is 0 Å². The van der Waals surface area contributed by atoms with Crippen molar-refractivity contribution in [2.45, 2.75) is 13.8 Å². The lowest BCUT2D eigenvalue weighted by molar-refractivity contribution is 0.252. The Morgan fingerprint density at radius 1 is 1.53 bits per heavy atom. The zero-order valence-electron chi connectivity index (χ0n) is 9.79. The minimum atomic E-state index is -0.247. The predicted molar refractivity (Wildman–Crippen MR) is 67.9 cm³/mol. The third kappa shape index (κ3) is 2.30. The summed E-state index contributed by atoms with van der Waals surface area (Å²) in [6.45, 7) is 4.33. The molecule has 17 heavy (non-hydrogen) atoms. The number of H-pyrrole nitrogens is 1. The highest BCUT2D eigenvalue weighted by Crippen LogP contribution is 2.20. The number of amides is 2. The Kier molecular flexibility index (Phi) is 2.86. The van der Waals surface area contributed by atoms with Crippen molar-refractivity contribution in [3.05, 3.63) is 17.7 Å². The minimum Gasteiger partial charge on any atom is -0.383 e. The van der Waals surface area contributed by atoms with E-state index in [1.54, 1.807) is 6.07 Å². The predicted octanol–water partition coefficient (Wildman–Crippen LogP) is 1.59. The highest BCUT2D eigenvalue weighted by atomic mass is 16.2. The third-order valence-electron chi connectivity index (χ3n) is 2.42. The van der Waals surface area contributed by atoms with Gasteiger partial charge in [-0.3, -0.25) is 5.32 Å². The first-order valence-electron chi connectivity index (χ1n) is 5.41. The Hall–Kier alpha value is -2.24. The molecule has 0 aliphatic heterocycles. The molecule has 0 aliphatic rings. The quantitative estimate of drug-likeness (QED) is 0.634. The molecule has 5 N–H and O–H groups in total. The molecule has 0 aromatic carbocycles.